The molecule has 2 aromatic carbocycles. The maximum atomic E-state index is 7.86. The minimum absolute atomic E-state index is 0.111. The van der Waals surface area contributed by atoms with E-state index in [-0.39, 0.29) is 7.25 Å². The molecular weight excluding hydrogens is 474 g/mol. The molecule has 0 radical (unpaired) electrons. The van der Waals surface area contributed by atoms with Gasteiger partial charge in [0.15, 0.2) is 0 Å². The Morgan fingerprint density at radius 3 is 1.34 bits per heavy atom. The summed E-state index contributed by atoms with van der Waals surface area (Å²) in [5.41, 5.74) is 13.1. The van der Waals surface area contributed by atoms with Gasteiger partial charge in [0, 0.05) is 0 Å². The summed E-state index contributed by atoms with van der Waals surface area (Å²) in [6.07, 6.45) is 4.62. The molecule has 0 aromatic heterocycles. The Hall–Kier alpha value is -0.747. The van der Waals surface area contributed by atoms with Gasteiger partial charge in [-0.3, -0.25) is 0 Å². The van der Waals surface area contributed by atoms with E-state index in [2.05, 4.69) is 88.6 Å². The van der Waals surface area contributed by atoms with Crippen molar-refractivity contribution in [2.45, 2.75) is 55.7 Å². The number of fused-ring (bicyclic) bond motifs is 2. The zero-order valence-corrected chi connectivity index (χ0v) is 22.4. The van der Waals surface area contributed by atoms with Crippen LogP contribution in [0.4, 0.5) is 0 Å². The first kappa shape index (κ1) is 21.5. The average molecular weight is 505 g/mol. The molecule has 0 amide bonds. The van der Waals surface area contributed by atoms with Crippen LogP contribution >= 0.6 is 17.0 Å². The molecule has 0 spiro atoms. The molecule has 0 bridgehead atoms. The van der Waals surface area contributed by atoms with Crippen LogP contribution in [0.3, 0.4) is 0 Å². The van der Waals surface area contributed by atoms with Crippen LogP contribution in [0.15, 0.2) is 35.4 Å². The van der Waals surface area contributed by atoms with Crippen molar-refractivity contribution < 1.29 is 15.9 Å². The molecule has 2 unspecified atom stereocenters. The van der Waals surface area contributed by atoms with Crippen molar-refractivity contribution in [3.63, 3.8) is 0 Å². The molecule has 0 nitrogen and oxygen atoms in total. The van der Waals surface area contributed by atoms with Crippen LogP contribution in [0.1, 0.15) is 72.5 Å². The Kier molecular flexibility index (Phi) is 5.10. The minimum atomic E-state index is -4.54. The van der Waals surface area contributed by atoms with E-state index < -0.39 is 15.9 Å². The van der Waals surface area contributed by atoms with Gasteiger partial charge in [-0.25, -0.2) is 0 Å². The molecule has 152 valence electrons. The summed E-state index contributed by atoms with van der Waals surface area (Å²) in [5, 5.41) is 0. The second-order valence-corrected chi connectivity index (χ2v) is 30.7. The Morgan fingerprint density at radius 1 is 0.655 bits per heavy atom. The molecule has 29 heavy (non-hydrogen) atoms. The van der Waals surface area contributed by atoms with Crippen LogP contribution in [-0.4, -0.2) is 3.71 Å². The van der Waals surface area contributed by atoms with Crippen LogP contribution in [0.5, 0.6) is 0 Å². The van der Waals surface area contributed by atoms with Gasteiger partial charge in [-0.2, -0.15) is 0 Å². The molecule has 0 heterocycles. The van der Waals surface area contributed by atoms with Crippen LogP contribution in [-0.2, 0) is 15.9 Å². The van der Waals surface area contributed by atoms with Crippen molar-refractivity contribution in [3.8, 4) is 0 Å². The number of rotatable bonds is 2. The SMILES string of the molecule is C[CH]=[Zr]([Cl])([Cl])([CH]1C(C)=Cc2cc(C)c(C)cc21)[CH]1C(C)=Cc2cc(C)c(C)cc21. The number of hydrogen-bond acceptors (Lipinski definition) is 0. The van der Waals surface area contributed by atoms with Gasteiger partial charge in [0.05, 0.1) is 0 Å². The number of allylic oxidation sites excluding steroid dienone is 2. The average Bonchev–Trinajstić information content (AvgIpc) is 3.12. The van der Waals surface area contributed by atoms with Gasteiger partial charge in [-0.15, -0.1) is 0 Å². The number of aryl methyl sites for hydroxylation is 4. The molecule has 2 aliphatic rings. The number of hydrogen-bond donors (Lipinski definition) is 0. The first-order valence-electron chi connectivity index (χ1n) is 10.4. The molecule has 2 aliphatic carbocycles. The normalized spacial score (nSPS) is 20.9. The third kappa shape index (κ3) is 3.07. The zero-order chi connectivity index (χ0) is 21.3. The fraction of sp³-hybridized carbons (Fsp3) is 0.346. The standard InChI is InChI=1S/2C12H13.C2H4.2ClH.Zr/c2*1-8-4-11-6-9(2)10(3)7-12(11)5-8;1-2;;;/h2*4-7H,1-3H3;1H,2H3;2*1H;/q;;;;;+2/p-2. The molecule has 2 atom stereocenters. The predicted molar refractivity (Wildman–Crippen MR) is 128 cm³/mol. The van der Waals surface area contributed by atoms with Crippen molar-refractivity contribution in [2.24, 2.45) is 0 Å². The van der Waals surface area contributed by atoms with Crippen molar-refractivity contribution in [3.05, 3.63) is 79.9 Å². The monoisotopic (exact) mass is 502 g/mol. The topological polar surface area (TPSA) is 0 Å². The predicted octanol–water partition coefficient (Wildman–Crippen LogP) is 8.36. The third-order valence-electron chi connectivity index (χ3n) is 7.35. The quantitative estimate of drug-likeness (QED) is 0.385. The summed E-state index contributed by atoms with van der Waals surface area (Å²) >= 11 is -4.54. The molecule has 0 saturated heterocycles. The van der Waals surface area contributed by atoms with Gasteiger partial charge >= 0.3 is 184 Å². The van der Waals surface area contributed by atoms with E-state index in [1.54, 1.807) is 0 Å². The van der Waals surface area contributed by atoms with Gasteiger partial charge in [0.25, 0.3) is 0 Å². The summed E-state index contributed by atoms with van der Waals surface area (Å²) in [6, 6.07) is 9.26. The van der Waals surface area contributed by atoms with E-state index in [1.165, 1.54) is 55.7 Å². The van der Waals surface area contributed by atoms with Gasteiger partial charge < -0.3 is 0 Å². The molecule has 3 heteroatoms. The molecular formula is C26H30Cl2Zr. The molecule has 2 aromatic rings. The van der Waals surface area contributed by atoms with Crippen LogP contribution in [0, 0.1) is 27.7 Å². The summed E-state index contributed by atoms with van der Waals surface area (Å²) in [7, 11) is 15.7. The van der Waals surface area contributed by atoms with Crippen molar-refractivity contribution in [2.75, 3.05) is 0 Å². The van der Waals surface area contributed by atoms with Crippen molar-refractivity contribution in [1.29, 1.82) is 0 Å². The first-order valence-corrected chi connectivity index (χ1v) is 21.0. The van der Waals surface area contributed by atoms with E-state index in [9.17, 15) is 0 Å². The Morgan fingerprint density at radius 2 is 1.00 bits per heavy atom. The Labute approximate surface area is 183 Å². The second kappa shape index (κ2) is 6.88. The van der Waals surface area contributed by atoms with Gasteiger partial charge in [0.2, 0.25) is 0 Å². The Balaban J connectivity index is 1.99. The fourth-order valence-corrected chi connectivity index (χ4v) is 23.7. The van der Waals surface area contributed by atoms with Crippen LogP contribution < -0.4 is 0 Å². The van der Waals surface area contributed by atoms with Gasteiger partial charge in [0.1, 0.15) is 0 Å². The van der Waals surface area contributed by atoms with E-state index in [4.69, 9.17) is 17.0 Å². The zero-order valence-electron chi connectivity index (χ0n) is 18.5. The molecule has 0 fully saturated rings. The van der Waals surface area contributed by atoms with Gasteiger partial charge in [-0.1, -0.05) is 0 Å². The Bertz CT molecular complexity index is 1100. The molecule has 0 saturated carbocycles. The van der Waals surface area contributed by atoms with E-state index in [0.717, 1.165) is 0 Å². The van der Waals surface area contributed by atoms with Crippen LogP contribution in [0.2, 0.25) is 0 Å². The van der Waals surface area contributed by atoms with Gasteiger partial charge in [-0.05, 0) is 0 Å². The molecule has 4 rings (SSSR count). The van der Waals surface area contributed by atoms with Crippen LogP contribution in [0.25, 0.3) is 12.2 Å². The van der Waals surface area contributed by atoms with E-state index >= 15 is 0 Å². The summed E-state index contributed by atoms with van der Waals surface area (Å²) < 4.78 is 2.46. The number of halogens is 2. The fourth-order valence-electron chi connectivity index (χ4n) is 5.58. The van der Waals surface area contributed by atoms with Crippen molar-refractivity contribution >= 4 is 32.9 Å². The summed E-state index contributed by atoms with van der Waals surface area (Å²) in [6.45, 7) is 15.3. The van der Waals surface area contributed by atoms with E-state index in [0.29, 0.717) is 0 Å². The summed E-state index contributed by atoms with van der Waals surface area (Å²) in [5.74, 6) is 0. The first-order chi connectivity index (χ1) is 13.5. The van der Waals surface area contributed by atoms with Crippen molar-refractivity contribution in [1.82, 2.24) is 0 Å². The number of benzene rings is 2. The third-order valence-corrected chi connectivity index (χ3v) is 27.0. The molecule has 0 aliphatic heterocycles. The molecule has 0 N–H and O–H groups in total. The maximum absolute atomic E-state index is 7.86. The summed E-state index contributed by atoms with van der Waals surface area (Å²) in [4.78, 5) is 0. The van der Waals surface area contributed by atoms with E-state index in [1.807, 2.05) is 0 Å². The second-order valence-electron chi connectivity index (χ2n) is 9.29.